The van der Waals surface area contributed by atoms with Gasteiger partial charge in [0.15, 0.2) is 0 Å². The van der Waals surface area contributed by atoms with Crippen LogP contribution in [0.3, 0.4) is 0 Å². The fraction of sp³-hybridized carbons (Fsp3) is 0.389. The van der Waals surface area contributed by atoms with Gasteiger partial charge in [0.1, 0.15) is 0 Å². The molecule has 7 heteroatoms. The van der Waals surface area contributed by atoms with E-state index in [-0.39, 0.29) is 12.1 Å². The molecule has 2 aromatic rings. The Kier molecular flexibility index (Phi) is 4.74. The molecule has 7 nitrogen and oxygen atoms in total. The minimum absolute atomic E-state index is 0.0749. The molecule has 3 N–H and O–H groups in total. The van der Waals surface area contributed by atoms with E-state index in [0.29, 0.717) is 12.1 Å². The Hall–Kier alpha value is -2.83. The van der Waals surface area contributed by atoms with E-state index in [4.69, 9.17) is 5.73 Å². The highest BCUT2D eigenvalue weighted by Gasteiger charge is 2.31. The van der Waals surface area contributed by atoms with Gasteiger partial charge in [0.05, 0.1) is 11.7 Å². The Labute approximate surface area is 146 Å². The Bertz CT molecular complexity index is 781. The van der Waals surface area contributed by atoms with Crippen molar-refractivity contribution in [1.82, 2.24) is 20.0 Å². The van der Waals surface area contributed by atoms with E-state index >= 15 is 0 Å². The predicted octanol–water partition coefficient (Wildman–Crippen LogP) is 1.87. The minimum Gasteiger partial charge on any atom is -0.366 e. The highest BCUT2D eigenvalue weighted by molar-refractivity contribution is 5.92. The van der Waals surface area contributed by atoms with Crippen LogP contribution in [0.15, 0.2) is 30.5 Å². The third-order valence-electron chi connectivity index (χ3n) is 4.61. The van der Waals surface area contributed by atoms with Crippen LogP contribution in [-0.4, -0.2) is 33.2 Å². The highest BCUT2D eigenvalue weighted by atomic mass is 16.2. The van der Waals surface area contributed by atoms with E-state index in [1.807, 2.05) is 25.1 Å². The molecule has 1 unspecified atom stereocenters. The first-order valence-electron chi connectivity index (χ1n) is 8.39. The standard InChI is InChI=1S/C18H23N5O2/c1-12-15(11-22(2)21-12)16-4-3-9-23(16)18(25)20-10-13-5-7-14(8-6-13)17(19)24/h5-8,11,16H,3-4,9-10H2,1-2H3,(H2,19,24)(H,20,25). The summed E-state index contributed by atoms with van der Waals surface area (Å²) in [5.74, 6) is -0.456. The fourth-order valence-corrected chi connectivity index (χ4v) is 3.34. The number of rotatable bonds is 4. The van der Waals surface area contributed by atoms with Crippen LogP contribution in [0.25, 0.3) is 0 Å². The van der Waals surface area contributed by atoms with Gasteiger partial charge in [-0.1, -0.05) is 12.1 Å². The normalized spacial score (nSPS) is 16.9. The molecule has 1 aromatic carbocycles. The van der Waals surface area contributed by atoms with E-state index < -0.39 is 5.91 Å². The number of primary amides is 1. The summed E-state index contributed by atoms with van der Waals surface area (Å²) in [5.41, 5.74) is 8.69. The molecule has 1 atom stereocenters. The molecular weight excluding hydrogens is 318 g/mol. The van der Waals surface area contributed by atoms with E-state index in [1.165, 1.54) is 0 Å². The van der Waals surface area contributed by atoms with E-state index in [0.717, 1.165) is 36.2 Å². The van der Waals surface area contributed by atoms with Gasteiger partial charge in [-0.2, -0.15) is 5.10 Å². The number of urea groups is 1. The number of carbonyl (C=O) groups is 2. The number of nitrogens with one attached hydrogen (secondary N) is 1. The molecule has 1 aromatic heterocycles. The number of carbonyl (C=O) groups excluding carboxylic acids is 2. The van der Waals surface area contributed by atoms with Crippen molar-refractivity contribution in [3.05, 3.63) is 52.8 Å². The quantitative estimate of drug-likeness (QED) is 0.889. The summed E-state index contributed by atoms with van der Waals surface area (Å²) in [6, 6.07) is 6.93. The number of hydrogen-bond acceptors (Lipinski definition) is 3. The van der Waals surface area contributed by atoms with Crippen molar-refractivity contribution in [2.75, 3.05) is 6.54 Å². The van der Waals surface area contributed by atoms with Crippen LogP contribution in [0.4, 0.5) is 4.79 Å². The Balaban J connectivity index is 1.64. The highest BCUT2D eigenvalue weighted by Crippen LogP contribution is 2.33. The maximum Gasteiger partial charge on any atom is 0.318 e. The van der Waals surface area contributed by atoms with Crippen molar-refractivity contribution in [3.8, 4) is 0 Å². The average Bonchev–Trinajstić information content (AvgIpc) is 3.19. The van der Waals surface area contributed by atoms with Crippen LogP contribution in [0.2, 0.25) is 0 Å². The molecule has 0 spiro atoms. The Morgan fingerprint density at radius 1 is 1.32 bits per heavy atom. The zero-order valence-electron chi connectivity index (χ0n) is 14.5. The van der Waals surface area contributed by atoms with Gasteiger partial charge in [-0.25, -0.2) is 4.79 Å². The van der Waals surface area contributed by atoms with E-state index in [9.17, 15) is 9.59 Å². The summed E-state index contributed by atoms with van der Waals surface area (Å²) in [6.45, 7) is 3.13. The molecule has 132 valence electrons. The van der Waals surface area contributed by atoms with Crippen molar-refractivity contribution in [2.24, 2.45) is 12.8 Å². The monoisotopic (exact) mass is 341 g/mol. The summed E-state index contributed by atoms with van der Waals surface area (Å²) < 4.78 is 1.79. The summed E-state index contributed by atoms with van der Waals surface area (Å²) in [4.78, 5) is 25.6. The molecule has 3 amide bonds. The number of hydrogen-bond donors (Lipinski definition) is 2. The first-order valence-corrected chi connectivity index (χ1v) is 8.39. The third-order valence-corrected chi connectivity index (χ3v) is 4.61. The summed E-state index contributed by atoms with van der Waals surface area (Å²) in [6.07, 6.45) is 3.93. The second-order valence-corrected chi connectivity index (χ2v) is 6.41. The lowest BCUT2D eigenvalue weighted by atomic mass is 10.1. The van der Waals surface area contributed by atoms with Crippen molar-refractivity contribution in [2.45, 2.75) is 32.4 Å². The van der Waals surface area contributed by atoms with Gasteiger partial charge in [-0.3, -0.25) is 9.48 Å². The van der Waals surface area contributed by atoms with Crippen LogP contribution < -0.4 is 11.1 Å². The third kappa shape index (κ3) is 3.65. The molecule has 0 radical (unpaired) electrons. The summed E-state index contributed by atoms with van der Waals surface area (Å²) in [5, 5.41) is 7.35. The Morgan fingerprint density at radius 2 is 2.04 bits per heavy atom. The molecule has 25 heavy (non-hydrogen) atoms. The number of likely N-dealkylation sites (tertiary alicyclic amines) is 1. The number of aryl methyl sites for hydroxylation is 2. The van der Waals surface area contributed by atoms with Gasteiger partial charge in [-0.05, 0) is 37.5 Å². The maximum absolute atomic E-state index is 12.6. The van der Waals surface area contributed by atoms with Crippen LogP contribution in [-0.2, 0) is 13.6 Å². The molecule has 2 heterocycles. The van der Waals surface area contributed by atoms with Gasteiger partial charge in [0.2, 0.25) is 5.91 Å². The second kappa shape index (κ2) is 6.96. The number of nitrogens with zero attached hydrogens (tertiary/aromatic N) is 3. The molecule has 1 aliphatic heterocycles. The molecule has 1 saturated heterocycles. The van der Waals surface area contributed by atoms with Crippen LogP contribution in [0, 0.1) is 6.92 Å². The van der Waals surface area contributed by atoms with Crippen LogP contribution in [0.5, 0.6) is 0 Å². The van der Waals surface area contributed by atoms with Crippen molar-refractivity contribution >= 4 is 11.9 Å². The van der Waals surface area contributed by atoms with Gasteiger partial charge in [0.25, 0.3) is 0 Å². The van der Waals surface area contributed by atoms with Gasteiger partial charge >= 0.3 is 6.03 Å². The SMILES string of the molecule is Cc1nn(C)cc1C1CCCN1C(=O)NCc1ccc(C(N)=O)cc1. The largest absolute Gasteiger partial charge is 0.366 e. The molecule has 0 saturated carbocycles. The lowest BCUT2D eigenvalue weighted by Crippen LogP contribution is -2.39. The average molecular weight is 341 g/mol. The zero-order valence-corrected chi connectivity index (χ0v) is 14.5. The lowest BCUT2D eigenvalue weighted by molar-refractivity contribution is 0.1000. The predicted molar refractivity (Wildman–Crippen MR) is 93.8 cm³/mol. The van der Waals surface area contributed by atoms with Gasteiger partial charge in [0, 0.05) is 37.5 Å². The number of aromatic nitrogens is 2. The van der Waals surface area contributed by atoms with E-state index in [1.54, 1.807) is 28.9 Å². The van der Waals surface area contributed by atoms with Crippen molar-refractivity contribution in [3.63, 3.8) is 0 Å². The van der Waals surface area contributed by atoms with Crippen molar-refractivity contribution in [1.29, 1.82) is 0 Å². The molecule has 3 rings (SSSR count). The fourth-order valence-electron chi connectivity index (χ4n) is 3.34. The van der Waals surface area contributed by atoms with Gasteiger partial charge in [-0.15, -0.1) is 0 Å². The van der Waals surface area contributed by atoms with Crippen LogP contribution in [0.1, 0.15) is 46.1 Å². The molecule has 0 bridgehead atoms. The van der Waals surface area contributed by atoms with E-state index in [2.05, 4.69) is 10.4 Å². The lowest BCUT2D eigenvalue weighted by Gasteiger charge is -2.25. The molecule has 0 aliphatic carbocycles. The maximum atomic E-state index is 12.6. The minimum atomic E-state index is -0.456. The second-order valence-electron chi connectivity index (χ2n) is 6.41. The summed E-state index contributed by atoms with van der Waals surface area (Å²) in [7, 11) is 1.89. The molecular formula is C18H23N5O2. The first kappa shape index (κ1) is 17.0. The zero-order chi connectivity index (χ0) is 18.0. The van der Waals surface area contributed by atoms with Gasteiger partial charge < -0.3 is 16.0 Å². The Morgan fingerprint density at radius 3 is 2.64 bits per heavy atom. The number of benzene rings is 1. The molecule has 1 aliphatic rings. The smallest absolute Gasteiger partial charge is 0.318 e. The first-order chi connectivity index (χ1) is 12.0. The number of amides is 3. The topological polar surface area (TPSA) is 93.2 Å². The number of nitrogens with two attached hydrogens (primary N) is 1. The summed E-state index contributed by atoms with van der Waals surface area (Å²) >= 11 is 0. The molecule has 1 fully saturated rings. The van der Waals surface area contributed by atoms with Crippen molar-refractivity contribution < 1.29 is 9.59 Å². The van der Waals surface area contributed by atoms with Crippen LogP contribution >= 0.6 is 0 Å².